The summed E-state index contributed by atoms with van der Waals surface area (Å²) in [5.41, 5.74) is 5.39. The summed E-state index contributed by atoms with van der Waals surface area (Å²) in [4.78, 5) is 27.8. The molecule has 432 valence electrons. The lowest BCUT2D eigenvalue weighted by Crippen LogP contribution is -2.35. The molecule has 0 aromatic heterocycles. The van der Waals surface area contributed by atoms with E-state index in [1.54, 1.807) is 47.4 Å². The van der Waals surface area contributed by atoms with Crippen LogP contribution in [0.4, 0.5) is 17.1 Å². The molecule has 22 heteroatoms. The Balaban J connectivity index is 0.932. The van der Waals surface area contributed by atoms with Gasteiger partial charge in [0.1, 0.15) is 16.3 Å². The summed E-state index contributed by atoms with van der Waals surface area (Å²) in [6.45, 7) is 10.8. The van der Waals surface area contributed by atoms with Crippen molar-refractivity contribution in [3.8, 4) is 11.8 Å². The standard InChI is InChI=1S/C61H60N4O14S4/c1-6-63-50-30-28-45-47(35-43(80(68,69)70)37-52(45)82(74,75)76)58(50)60(2,3)54(63)23-11-8-7-9-12-24-55-61(4,5)59-48-36-44(81(71,72)73)38-53(83(77,78)79)46(48)29-31-51(59)64(55)34-18-10-13-25-56(66)62-33-32-57(67)65-39-42-21-15-14-19-40(42)26-27-41-20-16-17-22-49(41)65/h7-9,11-12,14-17,19-24,28-31,35-38H,6,10,13,18,25,32-34,39H2,1-5H3,(H4-,62,66,68,69,70,71,72,73,74,75,76,77,78,79)/p+1. The van der Waals surface area contributed by atoms with Gasteiger partial charge in [-0.1, -0.05) is 92.5 Å². The van der Waals surface area contributed by atoms with E-state index >= 15 is 0 Å². The average Bonchev–Trinajstić information content (AvgIpc) is 1.76. The Morgan fingerprint density at radius 3 is 1.83 bits per heavy atom. The molecule has 9 rings (SSSR count). The number of rotatable bonds is 18. The molecular weight excluding hydrogens is 1140 g/mol. The SMILES string of the molecule is CCN1/C(=C/C=C/C=C/C=C/C2=[N+](CCCCCC(=O)NCCC(=O)N3Cc4ccccc4C#Cc4ccccc43)c3ccc4c(S(=O)(=O)O)cc(S(=O)(=O)O)cc4c3C2(C)C)C(C)(C)c2c1ccc1c(S(=O)(=O)O)cc(S(=O)(=O)O)cc21. The van der Waals surface area contributed by atoms with Crippen LogP contribution in [0.3, 0.4) is 0 Å². The zero-order chi connectivity index (χ0) is 60.0. The summed E-state index contributed by atoms with van der Waals surface area (Å²) >= 11 is 0. The Bertz CT molecular complexity index is 4420. The third-order valence-electron chi connectivity index (χ3n) is 15.3. The number of unbranched alkanes of at least 4 members (excludes halogenated alkanes) is 2. The Labute approximate surface area is 483 Å². The Hall–Kier alpha value is -7.59. The Morgan fingerprint density at radius 1 is 0.614 bits per heavy atom. The number of nitrogens with one attached hydrogen (secondary N) is 1. The van der Waals surface area contributed by atoms with Gasteiger partial charge in [-0.25, -0.2) is 0 Å². The quantitative estimate of drug-likeness (QED) is 0.0176. The highest BCUT2D eigenvalue weighted by molar-refractivity contribution is 7.87. The summed E-state index contributed by atoms with van der Waals surface area (Å²) in [5, 5.41) is 3.42. The number of nitrogens with zero attached hydrogens (tertiary/aromatic N) is 3. The molecule has 0 atom stereocenters. The second-order valence-corrected chi connectivity index (χ2v) is 27.0. The number of hydrogen-bond acceptors (Lipinski definition) is 11. The van der Waals surface area contributed by atoms with Crippen molar-refractivity contribution in [1.82, 2.24) is 5.32 Å². The van der Waals surface area contributed by atoms with Gasteiger partial charge in [-0.05, 0) is 116 Å². The number of carbonyl (C=O) groups is 2. The monoisotopic (exact) mass is 1200 g/mol. The summed E-state index contributed by atoms with van der Waals surface area (Å²) in [6.07, 6.45) is 14.7. The first kappa shape index (κ1) is 60.0. The van der Waals surface area contributed by atoms with Crippen LogP contribution >= 0.6 is 0 Å². The van der Waals surface area contributed by atoms with Gasteiger partial charge in [-0.2, -0.15) is 38.2 Å². The van der Waals surface area contributed by atoms with E-state index in [4.69, 9.17) is 0 Å². The summed E-state index contributed by atoms with van der Waals surface area (Å²) in [7, 11) is -19.7. The molecule has 6 aromatic carbocycles. The number of para-hydroxylation sites is 1. The molecule has 0 saturated heterocycles. The minimum atomic E-state index is -4.98. The maximum absolute atomic E-state index is 13.7. The van der Waals surface area contributed by atoms with Crippen molar-refractivity contribution in [2.45, 2.75) is 104 Å². The molecule has 2 amide bonds. The lowest BCUT2D eigenvalue weighted by Gasteiger charge is -2.26. The second kappa shape index (κ2) is 22.9. The van der Waals surface area contributed by atoms with E-state index in [9.17, 15) is 61.5 Å². The first-order valence-electron chi connectivity index (χ1n) is 26.6. The second-order valence-electron chi connectivity index (χ2n) is 21.4. The lowest BCUT2D eigenvalue weighted by molar-refractivity contribution is -0.438. The molecule has 3 aliphatic heterocycles. The summed E-state index contributed by atoms with van der Waals surface area (Å²) < 4.78 is 143. The number of benzene rings is 6. The Morgan fingerprint density at radius 2 is 1.19 bits per heavy atom. The fourth-order valence-corrected chi connectivity index (χ4v) is 14.2. The molecular formula is C61H61N4O14S4+. The first-order valence-corrected chi connectivity index (χ1v) is 32.3. The van der Waals surface area contributed by atoms with Crippen LogP contribution in [0.1, 0.15) is 94.5 Å². The van der Waals surface area contributed by atoms with Gasteiger partial charge in [0.05, 0.1) is 27.4 Å². The molecule has 0 saturated carbocycles. The highest BCUT2D eigenvalue weighted by atomic mass is 32.2. The van der Waals surface area contributed by atoms with E-state index in [1.807, 2.05) is 105 Å². The van der Waals surface area contributed by atoms with E-state index in [-0.39, 0.29) is 52.7 Å². The molecule has 18 nitrogen and oxygen atoms in total. The molecule has 83 heavy (non-hydrogen) atoms. The average molecular weight is 1200 g/mol. The molecule has 0 aliphatic carbocycles. The van der Waals surface area contributed by atoms with Crippen molar-refractivity contribution in [2.75, 3.05) is 29.4 Å². The molecule has 6 aromatic rings. The minimum absolute atomic E-state index is 0.0455. The Kier molecular flexibility index (Phi) is 16.5. The number of allylic oxidation sites excluding steroid dienone is 8. The van der Waals surface area contributed by atoms with Crippen molar-refractivity contribution < 1.29 is 66.0 Å². The van der Waals surface area contributed by atoms with Gasteiger partial charge < -0.3 is 15.1 Å². The number of anilines is 2. The number of carbonyl (C=O) groups excluding carboxylic acids is 2. The molecule has 0 radical (unpaired) electrons. The van der Waals surface area contributed by atoms with Crippen molar-refractivity contribution in [3.05, 3.63) is 173 Å². The topological polar surface area (TPSA) is 273 Å². The van der Waals surface area contributed by atoms with E-state index in [0.717, 1.165) is 40.2 Å². The summed E-state index contributed by atoms with van der Waals surface area (Å²) in [6, 6.07) is 25.4. The normalized spacial score (nSPS) is 16.3. The fourth-order valence-electron chi connectivity index (χ4n) is 11.5. The predicted octanol–water partition coefficient (Wildman–Crippen LogP) is 9.74. The number of hydrogen-bond donors (Lipinski definition) is 5. The van der Waals surface area contributed by atoms with Crippen LogP contribution in [0.15, 0.2) is 165 Å². The van der Waals surface area contributed by atoms with Gasteiger partial charge in [-0.3, -0.25) is 27.8 Å². The maximum atomic E-state index is 13.7. The van der Waals surface area contributed by atoms with E-state index in [0.29, 0.717) is 67.1 Å². The molecule has 5 N–H and O–H groups in total. The van der Waals surface area contributed by atoms with Crippen LogP contribution in [0.25, 0.3) is 21.5 Å². The van der Waals surface area contributed by atoms with Crippen molar-refractivity contribution >= 4 is 96.6 Å². The highest BCUT2D eigenvalue weighted by Gasteiger charge is 2.46. The number of fused-ring (bicyclic) bond motifs is 8. The van der Waals surface area contributed by atoms with E-state index in [2.05, 4.69) is 17.2 Å². The zero-order valence-corrected chi connectivity index (χ0v) is 49.3. The largest absolute Gasteiger partial charge is 0.356 e. The van der Waals surface area contributed by atoms with Crippen LogP contribution in [0.2, 0.25) is 0 Å². The van der Waals surface area contributed by atoms with Gasteiger partial charge in [0, 0.05) is 88.8 Å². The predicted molar refractivity (Wildman–Crippen MR) is 318 cm³/mol. The maximum Gasteiger partial charge on any atom is 0.295 e. The van der Waals surface area contributed by atoms with Crippen LogP contribution in [0.5, 0.6) is 0 Å². The van der Waals surface area contributed by atoms with Crippen molar-refractivity contribution in [3.63, 3.8) is 0 Å². The molecule has 3 aliphatic rings. The molecule has 3 heterocycles. The zero-order valence-electron chi connectivity index (χ0n) is 46.0. The molecule has 0 unspecified atom stereocenters. The van der Waals surface area contributed by atoms with Gasteiger partial charge in [0.15, 0.2) is 5.71 Å². The van der Waals surface area contributed by atoms with Gasteiger partial charge in [0.2, 0.25) is 17.5 Å². The van der Waals surface area contributed by atoms with Crippen molar-refractivity contribution in [1.29, 1.82) is 0 Å². The number of likely N-dealkylation sites (N-methyl/N-ethyl adjacent to an activating group) is 1. The van der Waals surface area contributed by atoms with Gasteiger partial charge in [0.25, 0.3) is 40.5 Å². The van der Waals surface area contributed by atoms with Crippen LogP contribution in [-0.2, 0) is 67.4 Å². The molecule has 0 bridgehead atoms. The van der Waals surface area contributed by atoms with E-state index in [1.165, 1.54) is 24.3 Å². The fraction of sp³-hybridized carbons (Fsp3) is 0.262. The molecule has 0 fully saturated rings. The lowest BCUT2D eigenvalue weighted by atomic mass is 9.79. The number of amides is 2. The first-order chi connectivity index (χ1) is 39.0. The minimum Gasteiger partial charge on any atom is -0.356 e. The third kappa shape index (κ3) is 12.1. The van der Waals surface area contributed by atoms with E-state index < -0.39 is 70.9 Å². The van der Waals surface area contributed by atoms with Crippen LogP contribution < -0.4 is 15.1 Å². The smallest absolute Gasteiger partial charge is 0.295 e. The van der Waals surface area contributed by atoms with Crippen LogP contribution in [-0.4, -0.2) is 93.6 Å². The summed E-state index contributed by atoms with van der Waals surface area (Å²) in [5.74, 6) is 6.04. The van der Waals surface area contributed by atoms with Gasteiger partial charge >= 0.3 is 0 Å². The third-order valence-corrected chi connectivity index (χ3v) is 18.8. The van der Waals surface area contributed by atoms with Gasteiger partial charge in [-0.15, -0.1) is 0 Å². The molecule has 0 spiro atoms. The van der Waals surface area contributed by atoms with Crippen LogP contribution in [0, 0.1) is 11.8 Å². The highest BCUT2D eigenvalue weighted by Crippen LogP contribution is 2.52. The van der Waals surface area contributed by atoms with Crippen molar-refractivity contribution in [2.24, 2.45) is 0 Å².